The molecule has 0 spiro atoms. The van der Waals surface area contributed by atoms with Crippen LogP contribution in [0.1, 0.15) is 50.4 Å². The number of rotatable bonds is 8. The molecule has 3 N–H and O–H groups in total. The summed E-state index contributed by atoms with van der Waals surface area (Å²) >= 11 is 3.27. The Balaban J connectivity index is 2.53. The highest BCUT2D eigenvalue weighted by Gasteiger charge is 2.26. The average Bonchev–Trinajstić information content (AvgIpc) is 2.52. The minimum Gasteiger partial charge on any atom is -0.481 e. The molecule has 2 amide bonds. The van der Waals surface area contributed by atoms with Crippen molar-refractivity contribution in [2.75, 3.05) is 0 Å². The van der Waals surface area contributed by atoms with E-state index < -0.39 is 23.7 Å². The highest BCUT2D eigenvalue weighted by Crippen LogP contribution is 2.23. The van der Waals surface area contributed by atoms with Gasteiger partial charge in [-0.3, -0.25) is 25.2 Å². The molecule has 1 aromatic carbocycles. The van der Waals surface area contributed by atoms with Crippen molar-refractivity contribution < 1.29 is 19.5 Å². The number of halogens is 1. The summed E-state index contributed by atoms with van der Waals surface area (Å²) in [7, 11) is 0. The predicted molar refractivity (Wildman–Crippen MR) is 98.7 cm³/mol. The number of carbonyl (C=O) groups is 3. The summed E-state index contributed by atoms with van der Waals surface area (Å²) in [5.41, 5.74) is 5.09. The number of carboxylic acids is 1. The van der Waals surface area contributed by atoms with E-state index in [9.17, 15) is 19.5 Å². The molecule has 0 aliphatic heterocycles. The average molecular weight is 413 g/mol. The number of carboxylic acid groups (broad SMARTS) is 1. The van der Waals surface area contributed by atoms with E-state index >= 15 is 0 Å². The molecular weight excluding hydrogens is 388 g/mol. The van der Waals surface area contributed by atoms with Crippen molar-refractivity contribution >= 4 is 33.7 Å². The number of nitrogens with one attached hydrogen (secondary N) is 2. The molecule has 0 aromatic heterocycles. The van der Waals surface area contributed by atoms with Gasteiger partial charge in [0.1, 0.15) is 0 Å². The van der Waals surface area contributed by atoms with Crippen LogP contribution in [0.4, 0.5) is 0 Å². The van der Waals surface area contributed by atoms with E-state index in [0.717, 1.165) is 6.42 Å². The van der Waals surface area contributed by atoms with Gasteiger partial charge >= 0.3 is 5.97 Å². The third-order valence-corrected chi connectivity index (χ3v) is 4.69. The van der Waals surface area contributed by atoms with Gasteiger partial charge in [0, 0.05) is 10.9 Å². The second-order valence-corrected chi connectivity index (χ2v) is 7.43. The number of hydrogen-bond donors (Lipinski definition) is 3. The monoisotopic (exact) mass is 412 g/mol. The van der Waals surface area contributed by atoms with E-state index in [1.807, 2.05) is 13.8 Å². The van der Waals surface area contributed by atoms with Crippen LogP contribution in [-0.2, 0) is 9.59 Å². The van der Waals surface area contributed by atoms with Crippen LogP contribution in [0, 0.1) is 17.8 Å². The molecule has 6 nitrogen and oxygen atoms in total. The van der Waals surface area contributed by atoms with Crippen molar-refractivity contribution in [3.63, 3.8) is 0 Å². The summed E-state index contributed by atoms with van der Waals surface area (Å²) in [6.45, 7) is 5.81. The van der Waals surface area contributed by atoms with Gasteiger partial charge in [-0.15, -0.1) is 0 Å². The van der Waals surface area contributed by atoms with Crippen LogP contribution in [-0.4, -0.2) is 22.9 Å². The first-order valence-corrected chi connectivity index (χ1v) is 9.08. The van der Waals surface area contributed by atoms with E-state index in [1.165, 1.54) is 0 Å². The zero-order valence-corrected chi connectivity index (χ0v) is 16.3. The van der Waals surface area contributed by atoms with Gasteiger partial charge in [-0.2, -0.15) is 0 Å². The lowest BCUT2D eigenvalue weighted by molar-refractivity contribution is -0.144. The summed E-state index contributed by atoms with van der Waals surface area (Å²) in [5, 5.41) is 9.36. The van der Waals surface area contributed by atoms with Gasteiger partial charge in [0.15, 0.2) is 0 Å². The van der Waals surface area contributed by atoms with Crippen LogP contribution in [0.25, 0.3) is 0 Å². The van der Waals surface area contributed by atoms with Crippen molar-refractivity contribution in [3.8, 4) is 0 Å². The Kier molecular flexibility index (Phi) is 8.61. The molecule has 0 radical (unpaired) electrons. The molecule has 0 bridgehead atoms. The molecule has 0 saturated carbocycles. The molecule has 0 fully saturated rings. The van der Waals surface area contributed by atoms with Gasteiger partial charge < -0.3 is 5.11 Å². The predicted octanol–water partition coefficient (Wildman–Crippen LogP) is 3.37. The van der Waals surface area contributed by atoms with Crippen molar-refractivity contribution in [2.45, 2.75) is 40.0 Å². The minimum absolute atomic E-state index is 0.0330. The number of amides is 2. The van der Waals surface area contributed by atoms with Crippen molar-refractivity contribution in [1.29, 1.82) is 0 Å². The van der Waals surface area contributed by atoms with Crippen LogP contribution < -0.4 is 10.9 Å². The van der Waals surface area contributed by atoms with E-state index in [0.29, 0.717) is 22.4 Å². The molecular formula is C18H25BrN2O4. The fourth-order valence-corrected chi connectivity index (χ4v) is 2.95. The molecule has 0 aliphatic carbocycles. The van der Waals surface area contributed by atoms with E-state index in [-0.39, 0.29) is 12.3 Å². The third-order valence-electron chi connectivity index (χ3n) is 4.00. The largest absolute Gasteiger partial charge is 0.481 e. The van der Waals surface area contributed by atoms with Gasteiger partial charge in [-0.1, -0.05) is 39.3 Å². The van der Waals surface area contributed by atoms with Crippen LogP contribution in [0.5, 0.6) is 0 Å². The maximum atomic E-state index is 12.0. The fraction of sp³-hybridized carbons (Fsp3) is 0.500. The van der Waals surface area contributed by atoms with Crippen LogP contribution in [0.2, 0.25) is 0 Å². The lowest BCUT2D eigenvalue weighted by atomic mass is 9.85. The normalized spacial score (nSPS) is 13.2. The maximum absolute atomic E-state index is 12.0. The van der Waals surface area contributed by atoms with Crippen LogP contribution in [0.15, 0.2) is 28.7 Å². The topological polar surface area (TPSA) is 95.5 Å². The maximum Gasteiger partial charge on any atom is 0.306 e. The third kappa shape index (κ3) is 7.25. The molecule has 1 rings (SSSR count). The second kappa shape index (κ2) is 10.2. The first-order chi connectivity index (χ1) is 11.7. The molecule has 138 valence electrons. The number of hydrogen-bond acceptors (Lipinski definition) is 3. The van der Waals surface area contributed by atoms with Crippen molar-refractivity contribution in [2.24, 2.45) is 17.8 Å². The first kappa shape index (κ1) is 21.2. The quantitative estimate of drug-likeness (QED) is 0.570. The number of hydrazine groups is 1. The number of carbonyl (C=O) groups excluding carboxylic acids is 2. The van der Waals surface area contributed by atoms with E-state index in [1.54, 1.807) is 31.2 Å². The Labute approximate surface area is 156 Å². The van der Waals surface area contributed by atoms with Gasteiger partial charge in [-0.05, 0) is 46.3 Å². The summed E-state index contributed by atoms with van der Waals surface area (Å²) < 4.78 is 0.620. The SMILES string of the molecule is CC(C)CC[C@H](C(=O)O)[C@@H](C)CC(=O)NNC(=O)c1ccccc1Br. The number of benzene rings is 1. The Morgan fingerprint density at radius 3 is 2.28 bits per heavy atom. The van der Waals surface area contributed by atoms with Gasteiger partial charge in [0.2, 0.25) is 5.91 Å². The zero-order chi connectivity index (χ0) is 19.0. The summed E-state index contributed by atoms with van der Waals surface area (Å²) in [6.07, 6.45) is 1.36. The Hall–Kier alpha value is -1.89. The molecule has 25 heavy (non-hydrogen) atoms. The molecule has 0 aliphatic rings. The highest BCUT2D eigenvalue weighted by molar-refractivity contribution is 9.10. The smallest absolute Gasteiger partial charge is 0.306 e. The van der Waals surface area contributed by atoms with Gasteiger partial charge in [-0.25, -0.2) is 0 Å². The first-order valence-electron chi connectivity index (χ1n) is 8.28. The number of aliphatic carboxylic acids is 1. The standard InChI is InChI=1S/C18H25BrN2O4/c1-11(2)8-9-13(18(24)25)12(3)10-16(22)20-21-17(23)14-6-4-5-7-15(14)19/h4-7,11-13H,8-10H2,1-3H3,(H,20,22)(H,21,23)(H,24,25)/t12-,13-/m0/s1. The van der Waals surface area contributed by atoms with Crippen LogP contribution >= 0.6 is 15.9 Å². The minimum atomic E-state index is -0.891. The Morgan fingerprint density at radius 2 is 1.72 bits per heavy atom. The lowest BCUT2D eigenvalue weighted by Gasteiger charge is -2.20. The fourth-order valence-electron chi connectivity index (χ4n) is 2.49. The molecule has 2 atom stereocenters. The van der Waals surface area contributed by atoms with E-state index in [2.05, 4.69) is 26.8 Å². The Bertz CT molecular complexity index is 619. The van der Waals surface area contributed by atoms with Crippen LogP contribution in [0.3, 0.4) is 0 Å². The summed E-state index contributed by atoms with van der Waals surface area (Å²) in [5.74, 6) is -2.24. The Morgan fingerprint density at radius 1 is 1.08 bits per heavy atom. The highest BCUT2D eigenvalue weighted by atomic mass is 79.9. The zero-order valence-electron chi connectivity index (χ0n) is 14.7. The summed E-state index contributed by atoms with van der Waals surface area (Å²) in [6, 6.07) is 6.85. The van der Waals surface area contributed by atoms with Gasteiger partial charge in [0.05, 0.1) is 11.5 Å². The second-order valence-electron chi connectivity index (χ2n) is 6.58. The van der Waals surface area contributed by atoms with Crippen molar-refractivity contribution in [3.05, 3.63) is 34.3 Å². The lowest BCUT2D eigenvalue weighted by Crippen LogP contribution is -2.42. The molecule has 0 heterocycles. The molecule has 7 heteroatoms. The van der Waals surface area contributed by atoms with Crippen molar-refractivity contribution in [1.82, 2.24) is 10.9 Å². The molecule has 0 saturated heterocycles. The summed E-state index contributed by atoms with van der Waals surface area (Å²) in [4.78, 5) is 35.5. The molecule has 1 aromatic rings. The van der Waals surface area contributed by atoms with E-state index in [4.69, 9.17) is 0 Å². The van der Waals surface area contributed by atoms with Gasteiger partial charge in [0.25, 0.3) is 5.91 Å². The molecule has 0 unspecified atom stereocenters.